The summed E-state index contributed by atoms with van der Waals surface area (Å²) in [6, 6.07) is 72.4. The monoisotopic (exact) mass is 745 g/mol. The topological polar surface area (TPSA) is 3.24 Å². The largest absolute Gasteiger partial charge is 0.310 e. The van der Waals surface area contributed by atoms with Crippen LogP contribution in [0, 0.1) is 0 Å². The van der Waals surface area contributed by atoms with Gasteiger partial charge in [0.05, 0.1) is 5.41 Å². The van der Waals surface area contributed by atoms with Crippen molar-refractivity contribution in [3.8, 4) is 22.3 Å². The third-order valence-electron chi connectivity index (χ3n) is 11.4. The van der Waals surface area contributed by atoms with E-state index >= 15 is 0 Å². The van der Waals surface area contributed by atoms with Crippen molar-refractivity contribution in [2.45, 2.75) is 5.41 Å². The average Bonchev–Trinajstić information content (AvgIpc) is 3.79. The Balaban J connectivity index is 1.00. The van der Waals surface area contributed by atoms with Crippen LogP contribution in [0.15, 0.2) is 231 Å². The molecule has 1 aromatic heterocycles. The fourth-order valence-corrected chi connectivity index (χ4v) is 9.86. The number of hydrogen-bond donors (Lipinski definition) is 0. The predicted octanol–water partition coefficient (Wildman–Crippen LogP) is 15.3. The van der Waals surface area contributed by atoms with Gasteiger partial charge in [-0.05, 0) is 92.5 Å². The molecule has 0 N–H and O–H groups in total. The van der Waals surface area contributed by atoms with E-state index in [-0.39, 0.29) is 0 Å². The van der Waals surface area contributed by atoms with Gasteiger partial charge in [0, 0.05) is 37.2 Å². The molecule has 8 aromatic carbocycles. The highest BCUT2D eigenvalue weighted by molar-refractivity contribution is 7.25. The number of thiophene rings is 1. The highest BCUT2D eigenvalue weighted by atomic mass is 32.1. The summed E-state index contributed by atoms with van der Waals surface area (Å²) in [5.74, 6) is 0. The second kappa shape index (κ2) is 14.6. The Morgan fingerprint density at radius 2 is 1.04 bits per heavy atom. The molecule has 0 saturated heterocycles. The van der Waals surface area contributed by atoms with Gasteiger partial charge in [0.25, 0.3) is 0 Å². The minimum absolute atomic E-state index is 0.406. The van der Waals surface area contributed by atoms with Crippen molar-refractivity contribution in [2.24, 2.45) is 0 Å². The molecule has 1 aliphatic rings. The molecule has 0 unspecified atom stereocenters. The number of hydrogen-bond acceptors (Lipinski definition) is 2. The van der Waals surface area contributed by atoms with E-state index in [1.165, 1.54) is 59.1 Å². The van der Waals surface area contributed by atoms with Gasteiger partial charge in [-0.15, -0.1) is 11.3 Å². The molecule has 2 heteroatoms. The average molecular weight is 746 g/mol. The Kier molecular flexibility index (Phi) is 8.82. The van der Waals surface area contributed by atoms with Crippen LogP contribution >= 0.6 is 11.3 Å². The maximum atomic E-state index is 4.25. The maximum Gasteiger partial charge on any atom is 0.0647 e. The summed E-state index contributed by atoms with van der Waals surface area (Å²) >= 11 is 1.86. The van der Waals surface area contributed by atoms with Gasteiger partial charge in [-0.3, -0.25) is 0 Å². The van der Waals surface area contributed by atoms with Gasteiger partial charge in [-0.2, -0.15) is 0 Å². The third kappa shape index (κ3) is 6.03. The molecule has 0 aliphatic heterocycles. The smallest absolute Gasteiger partial charge is 0.0647 e. The van der Waals surface area contributed by atoms with Gasteiger partial charge < -0.3 is 4.90 Å². The lowest BCUT2D eigenvalue weighted by atomic mass is 9.72. The number of rotatable bonds is 9. The quantitative estimate of drug-likeness (QED) is 0.133. The van der Waals surface area contributed by atoms with Crippen molar-refractivity contribution in [1.29, 1.82) is 0 Å². The number of benzene rings is 8. The summed E-state index contributed by atoms with van der Waals surface area (Å²) in [4.78, 5) is 2.35. The Hall–Kier alpha value is -7.00. The molecule has 10 rings (SSSR count). The summed E-state index contributed by atoms with van der Waals surface area (Å²) < 4.78 is 2.57. The van der Waals surface area contributed by atoms with Crippen LogP contribution in [0.2, 0.25) is 0 Å². The SMILES string of the molecule is C=C/C(=C\C=C\C1(c2ccccc2)c2ccccc2-c2ccccc21)c1ccc(N(c2ccccc2)c2ccc3c(c2)sc2cc(-c4ccccc4)ccc23)cc1. The first-order chi connectivity index (χ1) is 28.2. The lowest BCUT2D eigenvalue weighted by Gasteiger charge is -2.29. The molecule has 0 bridgehead atoms. The molecular weight excluding hydrogens is 707 g/mol. The van der Waals surface area contributed by atoms with Gasteiger partial charge in [0.2, 0.25) is 0 Å². The van der Waals surface area contributed by atoms with Crippen molar-refractivity contribution < 1.29 is 0 Å². The van der Waals surface area contributed by atoms with E-state index in [1.807, 2.05) is 17.4 Å². The van der Waals surface area contributed by atoms with Crippen LogP contribution in [0.5, 0.6) is 0 Å². The molecular formula is C55H39NS. The van der Waals surface area contributed by atoms with E-state index in [0.717, 1.165) is 28.2 Å². The zero-order valence-electron chi connectivity index (χ0n) is 31.4. The summed E-state index contributed by atoms with van der Waals surface area (Å²) in [6.45, 7) is 4.25. The van der Waals surface area contributed by atoms with Crippen molar-refractivity contribution in [3.05, 3.63) is 253 Å². The molecule has 9 aromatic rings. The molecule has 1 aliphatic carbocycles. The number of anilines is 3. The zero-order valence-corrected chi connectivity index (χ0v) is 32.2. The summed E-state index contributed by atoms with van der Waals surface area (Å²) in [7, 11) is 0. The number of fused-ring (bicyclic) bond motifs is 6. The molecule has 0 atom stereocenters. The van der Waals surface area contributed by atoms with E-state index in [1.54, 1.807) is 0 Å². The Bertz CT molecular complexity index is 2910. The lowest BCUT2D eigenvalue weighted by Crippen LogP contribution is -2.24. The minimum Gasteiger partial charge on any atom is -0.310 e. The molecule has 0 spiro atoms. The van der Waals surface area contributed by atoms with E-state index in [4.69, 9.17) is 0 Å². The first-order valence-corrected chi connectivity index (χ1v) is 20.3. The van der Waals surface area contributed by atoms with Crippen LogP contribution in [0.1, 0.15) is 22.3 Å². The molecule has 0 fully saturated rings. The molecule has 1 heterocycles. The van der Waals surface area contributed by atoms with Crippen LogP contribution < -0.4 is 4.90 Å². The first kappa shape index (κ1) is 34.5. The predicted molar refractivity (Wildman–Crippen MR) is 245 cm³/mol. The fourth-order valence-electron chi connectivity index (χ4n) is 8.68. The molecule has 0 radical (unpaired) electrons. The van der Waals surface area contributed by atoms with Gasteiger partial charge in [0.15, 0.2) is 0 Å². The van der Waals surface area contributed by atoms with Crippen LogP contribution in [0.25, 0.3) is 48.0 Å². The van der Waals surface area contributed by atoms with E-state index < -0.39 is 5.41 Å². The zero-order chi connectivity index (χ0) is 38.2. The first-order valence-electron chi connectivity index (χ1n) is 19.5. The Morgan fingerprint density at radius 1 is 0.491 bits per heavy atom. The third-order valence-corrected chi connectivity index (χ3v) is 12.5. The lowest BCUT2D eigenvalue weighted by molar-refractivity contribution is 0.804. The number of para-hydroxylation sites is 1. The molecule has 1 nitrogen and oxygen atoms in total. The molecule has 57 heavy (non-hydrogen) atoms. The number of allylic oxidation sites excluding steroid dienone is 5. The van der Waals surface area contributed by atoms with E-state index in [9.17, 15) is 0 Å². The van der Waals surface area contributed by atoms with E-state index in [0.29, 0.717) is 0 Å². The van der Waals surface area contributed by atoms with Crippen molar-refractivity contribution in [1.82, 2.24) is 0 Å². The van der Waals surface area contributed by atoms with E-state index in [2.05, 4.69) is 230 Å². The maximum absolute atomic E-state index is 4.25. The normalized spacial score (nSPS) is 13.2. The highest BCUT2D eigenvalue weighted by Crippen LogP contribution is 2.53. The van der Waals surface area contributed by atoms with Crippen LogP contribution in [0.3, 0.4) is 0 Å². The second-order valence-electron chi connectivity index (χ2n) is 14.5. The van der Waals surface area contributed by atoms with Crippen LogP contribution in [0.4, 0.5) is 17.1 Å². The highest BCUT2D eigenvalue weighted by Gasteiger charge is 2.42. The molecule has 270 valence electrons. The second-order valence-corrected chi connectivity index (χ2v) is 15.6. The van der Waals surface area contributed by atoms with Crippen molar-refractivity contribution in [3.63, 3.8) is 0 Å². The summed E-state index contributed by atoms with van der Waals surface area (Å²) in [5.41, 5.74) is 14.0. The van der Waals surface area contributed by atoms with Gasteiger partial charge >= 0.3 is 0 Å². The summed E-state index contributed by atoms with van der Waals surface area (Å²) in [5, 5.41) is 2.58. The minimum atomic E-state index is -0.406. The van der Waals surface area contributed by atoms with Gasteiger partial charge in [0.1, 0.15) is 0 Å². The van der Waals surface area contributed by atoms with Crippen LogP contribution in [-0.4, -0.2) is 0 Å². The Morgan fingerprint density at radius 3 is 1.70 bits per heavy atom. The number of nitrogens with zero attached hydrogens (tertiary/aromatic N) is 1. The fraction of sp³-hybridized carbons (Fsp3) is 0.0182. The molecule has 0 amide bonds. The van der Waals surface area contributed by atoms with Crippen LogP contribution in [-0.2, 0) is 5.41 Å². The molecule has 0 saturated carbocycles. The standard InChI is InChI=1S/C55H39NS/c1-2-39(19-16-36-55(43-20-8-4-9-21-43)51-26-14-12-24-47(51)48-25-13-15-27-52(48)55)41-28-31-45(32-29-41)56(44-22-10-5-11-23-44)46-33-35-50-49-34-30-42(40-17-6-3-7-18-40)37-53(49)57-54(50)38-46/h2-38H,1H2/b36-16+,39-19+. The summed E-state index contributed by atoms with van der Waals surface area (Å²) in [6.07, 6.45) is 8.74. The Labute approximate surface area is 338 Å². The van der Waals surface area contributed by atoms with Crippen molar-refractivity contribution >= 4 is 54.1 Å². The van der Waals surface area contributed by atoms with Gasteiger partial charge in [-0.25, -0.2) is 0 Å². The van der Waals surface area contributed by atoms with Gasteiger partial charge in [-0.1, -0.05) is 189 Å². The van der Waals surface area contributed by atoms with Crippen molar-refractivity contribution in [2.75, 3.05) is 4.90 Å².